The Morgan fingerprint density at radius 1 is 0.561 bits per heavy atom. The smallest absolute Gasteiger partial charge is 0.306 e. The molecule has 0 spiro atoms. The summed E-state index contributed by atoms with van der Waals surface area (Å²) in [4.78, 5) is 23.0. The minimum Gasteiger partial charge on any atom is -0.481 e. The van der Waals surface area contributed by atoms with E-state index in [-0.39, 0.29) is 18.5 Å². The lowest BCUT2D eigenvalue weighted by Crippen LogP contribution is -2.13. The van der Waals surface area contributed by atoms with Gasteiger partial charge in [0, 0.05) is 12.8 Å². The Kier molecular flexibility index (Phi) is 31.2. The molecule has 0 aliphatic heterocycles. The highest BCUT2D eigenvalue weighted by molar-refractivity contribution is 5.69. The molecule has 0 amide bonds. The average Bonchev–Trinajstić information content (AvgIpc) is 2.95. The molecule has 41 heavy (non-hydrogen) atoms. The molecule has 0 fully saturated rings. The van der Waals surface area contributed by atoms with Crippen molar-refractivity contribution in [1.82, 2.24) is 0 Å². The van der Waals surface area contributed by atoms with Gasteiger partial charge in [-0.1, -0.05) is 154 Å². The quantitative estimate of drug-likeness (QED) is 0.0508. The van der Waals surface area contributed by atoms with Crippen molar-refractivity contribution >= 4 is 11.9 Å². The molecule has 0 radical (unpaired) electrons. The zero-order chi connectivity index (χ0) is 30.1. The third-order valence-corrected chi connectivity index (χ3v) is 7.59. The molecule has 0 aromatic rings. The lowest BCUT2D eigenvalue weighted by atomic mass is 10.0. The summed E-state index contributed by atoms with van der Waals surface area (Å²) in [5.41, 5.74) is 0. The van der Waals surface area contributed by atoms with Gasteiger partial charge in [-0.15, -0.1) is 0 Å². The Bertz CT molecular complexity index is 664. The van der Waals surface area contributed by atoms with Crippen molar-refractivity contribution in [3.8, 4) is 0 Å². The zero-order valence-electron chi connectivity index (χ0n) is 27.1. The second kappa shape index (κ2) is 32.7. The average molecular weight is 575 g/mol. The second-order valence-corrected chi connectivity index (χ2v) is 11.7. The Morgan fingerprint density at radius 2 is 1.02 bits per heavy atom. The van der Waals surface area contributed by atoms with Gasteiger partial charge in [0.15, 0.2) is 0 Å². The molecule has 0 rings (SSSR count). The number of rotatable bonds is 31. The number of carboxylic acids is 1. The van der Waals surface area contributed by atoms with Crippen molar-refractivity contribution in [2.45, 2.75) is 187 Å². The number of aliphatic carboxylic acids is 1. The molecule has 0 aliphatic rings. The maximum Gasteiger partial charge on any atom is 0.306 e. The van der Waals surface area contributed by atoms with Crippen LogP contribution >= 0.6 is 0 Å². The molecule has 0 aromatic carbocycles. The molecule has 1 atom stereocenters. The first-order valence-corrected chi connectivity index (χ1v) is 17.5. The molecule has 1 N–H and O–H groups in total. The highest BCUT2D eigenvalue weighted by Crippen LogP contribution is 2.15. The van der Waals surface area contributed by atoms with Crippen molar-refractivity contribution < 1.29 is 19.4 Å². The van der Waals surface area contributed by atoms with E-state index >= 15 is 0 Å². The normalized spacial score (nSPS) is 12.6. The van der Waals surface area contributed by atoms with Crippen LogP contribution in [0.4, 0.5) is 0 Å². The SMILES string of the molecule is CC/C=C\C/C=C\[C@@H](/C=C\CCCCCCCC(=O)O)OC(=O)CCCCCCCCCCCCCCCCCC. The van der Waals surface area contributed by atoms with Crippen molar-refractivity contribution in [2.24, 2.45) is 0 Å². The van der Waals surface area contributed by atoms with Gasteiger partial charge in [-0.05, 0) is 50.7 Å². The van der Waals surface area contributed by atoms with Crippen LogP contribution in [0.1, 0.15) is 181 Å². The standard InChI is InChI=1S/C37H66O4/c1-3-5-7-9-10-11-12-13-14-15-16-17-18-22-26-30-34-37(40)41-35(31-27-23-8-6-4-2)32-28-24-20-19-21-25-29-33-36(38)39/h6,8,27-28,31-32,35H,3-5,7,9-26,29-30,33-34H2,1-2H3,(H,38,39)/b8-6-,31-27-,32-28-/t35-/m0/s1. The van der Waals surface area contributed by atoms with Crippen LogP contribution in [0, 0.1) is 0 Å². The van der Waals surface area contributed by atoms with Crippen molar-refractivity contribution in [3.05, 3.63) is 36.5 Å². The van der Waals surface area contributed by atoms with E-state index in [1.807, 2.05) is 12.2 Å². The van der Waals surface area contributed by atoms with E-state index in [1.54, 1.807) is 0 Å². The van der Waals surface area contributed by atoms with E-state index < -0.39 is 5.97 Å². The first-order chi connectivity index (χ1) is 20.1. The number of hydrogen-bond acceptors (Lipinski definition) is 3. The van der Waals surface area contributed by atoms with Gasteiger partial charge in [0.05, 0.1) is 0 Å². The van der Waals surface area contributed by atoms with Gasteiger partial charge in [0.25, 0.3) is 0 Å². The predicted octanol–water partition coefficient (Wildman–Crippen LogP) is 11.8. The number of esters is 1. The monoisotopic (exact) mass is 574 g/mol. The molecule has 0 saturated heterocycles. The summed E-state index contributed by atoms with van der Waals surface area (Å²) in [6.07, 6.45) is 42.0. The van der Waals surface area contributed by atoms with E-state index in [9.17, 15) is 9.59 Å². The zero-order valence-corrected chi connectivity index (χ0v) is 27.1. The maximum atomic E-state index is 12.5. The van der Waals surface area contributed by atoms with Crippen LogP contribution in [-0.2, 0) is 14.3 Å². The van der Waals surface area contributed by atoms with E-state index in [0.717, 1.165) is 64.2 Å². The number of allylic oxidation sites excluding steroid dienone is 4. The molecular formula is C37H66O4. The van der Waals surface area contributed by atoms with E-state index in [0.29, 0.717) is 6.42 Å². The number of carbonyl (C=O) groups is 2. The van der Waals surface area contributed by atoms with Gasteiger partial charge in [0.2, 0.25) is 0 Å². The van der Waals surface area contributed by atoms with Gasteiger partial charge in [-0.2, -0.15) is 0 Å². The topological polar surface area (TPSA) is 63.6 Å². The lowest BCUT2D eigenvalue weighted by Gasteiger charge is -2.11. The van der Waals surface area contributed by atoms with E-state index in [2.05, 4.69) is 38.2 Å². The summed E-state index contributed by atoms with van der Waals surface area (Å²) in [6, 6.07) is 0. The third-order valence-electron chi connectivity index (χ3n) is 7.59. The molecule has 4 heteroatoms. The maximum absolute atomic E-state index is 12.5. The van der Waals surface area contributed by atoms with Crippen LogP contribution in [0.5, 0.6) is 0 Å². The van der Waals surface area contributed by atoms with Gasteiger partial charge >= 0.3 is 11.9 Å². The number of carboxylic acid groups (broad SMARTS) is 1. The fourth-order valence-electron chi connectivity index (χ4n) is 5.02. The number of ether oxygens (including phenoxy) is 1. The van der Waals surface area contributed by atoms with Crippen LogP contribution in [0.2, 0.25) is 0 Å². The molecule has 0 heterocycles. The van der Waals surface area contributed by atoms with Gasteiger partial charge in [-0.3, -0.25) is 9.59 Å². The van der Waals surface area contributed by atoms with Crippen molar-refractivity contribution in [3.63, 3.8) is 0 Å². The summed E-state index contributed by atoms with van der Waals surface area (Å²) in [5.74, 6) is -0.807. The van der Waals surface area contributed by atoms with Crippen LogP contribution in [0.25, 0.3) is 0 Å². The van der Waals surface area contributed by atoms with Crippen molar-refractivity contribution in [1.29, 1.82) is 0 Å². The summed E-state index contributed by atoms with van der Waals surface area (Å²) in [6.45, 7) is 4.40. The van der Waals surface area contributed by atoms with Crippen molar-refractivity contribution in [2.75, 3.05) is 0 Å². The Labute approximate surface area is 254 Å². The molecule has 4 nitrogen and oxygen atoms in total. The Morgan fingerprint density at radius 3 is 1.54 bits per heavy atom. The Hall–Kier alpha value is -1.84. The minimum atomic E-state index is -0.707. The Balaban J connectivity index is 3.95. The molecule has 0 aromatic heterocycles. The largest absolute Gasteiger partial charge is 0.481 e. The van der Waals surface area contributed by atoms with Crippen LogP contribution in [0.3, 0.4) is 0 Å². The second-order valence-electron chi connectivity index (χ2n) is 11.7. The molecular weight excluding hydrogens is 508 g/mol. The summed E-state index contributed by atoms with van der Waals surface area (Å²) >= 11 is 0. The fourth-order valence-corrected chi connectivity index (χ4v) is 5.02. The third kappa shape index (κ3) is 32.5. The molecule has 0 unspecified atom stereocenters. The summed E-state index contributed by atoms with van der Waals surface area (Å²) in [5, 5.41) is 8.70. The van der Waals surface area contributed by atoms with E-state index in [4.69, 9.17) is 9.84 Å². The molecule has 0 bridgehead atoms. The summed E-state index contributed by atoms with van der Waals surface area (Å²) in [7, 11) is 0. The summed E-state index contributed by atoms with van der Waals surface area (Å²) < 4.78 is 5.77. The van der Waals surface area contributed by atoms with E-state index in [1.165, 1.54) is 89.9 Å². The molecule has 0 aliphatic carbocycles. The molecule has 238 valence electrons. The highest BCUT2D eigenvalue weighted by atomic mass is 16.5. The molecule has 0 saturated carbocycles. The van der Waals surface area contributed by atoms with Crippen LogP contribution in [0.15, 0.2) is 36.5 Å². The minimum absolute atomic E-state index is 0.0998. The number of carbonyl (C=O) groups excluding carboxylic acids is 1. The fraction of sp³-hybridized carbons (Fsp3) is 0.784. The number of unbranched alkanes of at least 4 members (excludes halogenated alkanes) is 20. The van der Waals surface area contributed by atoms with Gasteiger partial charge in [-0.25, -0.2) is 0 Å². The van der Waals surface area contributed by atoms with Crippen LogP contribution in [-0.4, -0.2) is 23.1 Å². The van der Waals surface area contributed by atoms with Gasteiger partial charge < -0.3 is 9.84 Å². The van der Waals surface area contributed by atoms with Gasteiger partial charge in [0.1, 0.15) is 6.10 Å². The predicted molar refractivity (Wildman–Crippen MR) is 176 cm³/mol. The first-order valence-electron chi connectivity index (χ1n) is 17.5. The highest BCUT2D eigenvalue weighted by Gasteiger charge is 2.08. The lowest BCUT2D eigenvalue weighted by molar-refractivity contribution is -0.145. The number of hydrogen-bond donors (Lipinski definition) is 1. The first kappa shape index (κ1) is 39.2. The van der Waals surface area contributed by atoms with Crippen LogP contribution < -0.4 is 0 Å².